The number of piperazine rings is 1. The summed E-state index contributed by atoms with van der Waals surface area (Å²) >= 11 is 0. The molecule has 33 heavy (non-hydrogen) atoms. The zero-order chi connectivity index (χ0) is 22.8. The van der Waals surface area contributed by atoms with E-state index in [4.69, 9.17) is 0 Å². The van der Waals surface area contributed by atoms with Crippen LogP contribution in [0.4, 0.5) is 4.39 Å². The number of carbonyl (C=O) groups is 2. The summed E-state index contributed by atoms with van der Waals surface area (Å²) < 4.78 is 13.4. The molecule has 0 radical (unpaired) electrons. The molecule has 0 bridgehead atoms. The van der Waals surface area contributed by atoms with Gasteiger partial charge in [-0.3, -0.25) is 19.5 Å². The second-order valence-corrected chi connectivity index (χ2v) is 9.56. The Kier molecular flexibility index (Phi) is 6.40. The van der Waals surface area contributed by atoms with E-state index in [-0.39, 0.29) is 23.7 Å². The summed E-state index contributed by atoms with van der Waals surface area (Å²) in [5.41, 5.74) is 1.80. The summed E-state index contributed by atoms with van der Waals surface area (Å²) in [5, 5.41) is 3.10. The molecule has 3 fully saturated rings. The van der Waals surface area contributed by atoms with Crippen LogP contribution in [0.2, 0.25) is 0 Å². The van der Waals surface area contributed by atoms with Crippen LogP contribution in [0.25, 0.3) is 11.3 Å². The number of pyridine rings is 1. The van der Waals surface area contributed by atoms with Crippen molar-refractivity contribution in [1.29, 1.82) is 0 Å². The van der Waals surface area contributed by atoms with E-state index in [2.05, 4.69) is 15.2 Å². The van der Waals surface area contributed by atoms with E-state index in [0.717, 1.165) is 57.9 Å². The molecule has 1 saturated heterocycles. The minimum atomic E-state index is -0.314. The highest BCUT2D eigenvalue weighted by atomic mass is 19.1. The average Bonchev–Trinajstić information content (AvgIpc) is 3.70. The summed E-state index contributed by atoms with van der Waals surface area (Å²) in [6, 6.07) is 10.6. The van der Waals surface area contributed by atoms with Gasteiger partial charge in [0.05, 0.1) is 11.3 Å². The Morgan fingerprint density at radius 2 is 1.70 bits per heavy atom. The topological polar surface area (TPSA) is 65.5 Å². The van der Waals surface area contributed by atoms with E-state index in [1.54, 1.807) is 24.3 Å². The first-order valence-electron chi connectivity index (χ1n) is 12.1. The fraction of sp³-hybridized carbons (Fsp3) is 0.500. The lowest BCUT2D eigenvalue weighted by Crippen LogP contribution is -2.51. The normalized spacial score (nSPS) is 23.8. The lowest BCUT2D eigenvalue weighted by atomic mass is 9.85. The van der Waals surface area contributed by atoms with Gasteiger partial charge in [0.15, 0.2) is 0 Å². The van der Waals surface area contributed by atoms with Gasteiger partial charge >= 0.3 is 0 Å². The Morgan fingerprint density at radius 3 is 2.33 bits per heavy atom. The quantitative estimate of drug-likeness (QED) is 0.758. The molecule has 2 aliphatic carbocycles. The first-order valence-corrected chi connectivity index (χ1v) is 12.1. The van der Waals surface area contributed by atoms with Crippen LogP contribution >= 0.6 is 0 Å². The monoisotopic (exact) mass is 450 g/mol. The van der Waals surface area contributed by atoms with Gasteiger partial charge in [-0.25, -0.2) is 4.39 Å². The van der Waals surface area contributed by atoms with Gasteiger partial charge in [-0.2, -0.15) is 0 Å². The number of hydrogen-bond donors (Lipinski definition) is 1. The van der Waals surface area contributed by atoms with E-state index in [0.29, 0.717) is 22.7 Å². The van der Waals surface area contributed by atoms with E-state index in [1.807, 2.05) is 4.90 Å². The molecule has 7 heteroatoms. The summed E-state index contributed by atoms with van der Waals surface area (Å²) in [6.45, 7) is 3.72. The van der Waals surface area contributed by atoms with Crippen molar-refractivity contribution in [1.82, 2.24) is 20.1 Å². The lowest BCUT2D eigenvalue weighted by Gasteiger charge is -2.38. The smallest absolute Gasteiger partial charge is 0.253 e. The van der Waals surface area contributed by atoms with Crippen LogP contribution in [0.1, 0.15) is 48.9 Å². The second kappa shape index (κ2) is 9.59. The third-order valence-corrected chi connectivity index (χ3v) is 7.25. The Balaban J connectivity index is 1.09. The molecule has 0 spiro atoms. The summed E-state index contributed by atoms with van der Waals surface area (Å²) in [5.74, 6) is -0.0878. The molecule has 174 valence electrons. The Morgan fingerprint density at radius 1 is 0.939 bits per heavy atom. The fourth-order valence-corrected chi connectivity index (χ4v) is 5.11. The number of amides is 2. The highest BCUT2D eigenvalue weighted by Gasteiger charge is 2.35. The van der Waals surface area contributed by atoms with Crippen LogP contribution in [-0.4, -0.2) is 64.9 Å². The number of nitrogens with one attached hydrogen (secondary N) is 1. The molecule has 0 atom stereocenters. The van der Waals surface area contributed by atoms with Crippen LogP contribution in [0.15, 0.2) is 42.6 Å². The summed E-state index contributed by atoms with van der Waals surface area (Å²) in [7, 11) is 0. The van der Waals surface area contributed by atoms with Gasteiger partial charge < -0.3 is 10.2 Å². The molecule has 2 amide bonds. The Bertz CT molecular complexity index is 992. The average molecular weight is 451 g/mol. The number of halogens is 1. The molecule has 1 aromatic heterocycles. The maximum absolute atomic E-state index is 13.4. The van der Waals surface area contributed by atoms with Crippen molar-refractivity contribution in [2.75, 3.05) is 26.2 Å². The molecule has 1 aromatic carbocycles. The van der Waals surface area contributed by atoms with Crippen LogP contribution in [-0.2, 0) is 4.79 Å². The van der Waals surface area contributed by atoms with Gasteiger partial charge in [0.1, 0.15) is 5.82 Å². The van der Waals surface area contributed by atoms with Gasteiger partial charge in [-0.05, 0) is 62.8 Å². The number of benzene rings is 1. The number of aromatic nitrogens is 1. The molecule has 2 aromatic rings. The van der Waals surface area contributed by atoms with E-state index < -0.39 is 0 Å². The highest BCUT2D eigenvalue weighted by Crippen LogP contribution is 2.30. The van der Waals surface area contributed by atoms with Crippen molar-refractivity contribution in [2.45, 2.75) is 50.6 Å². The maximum Gasteiger partial charge on any atom is 0.253 e. The third kappa shape index (κ3) is 5.24. The molecule has 5 rings (SSSR count). The minimum Gasteiger partial charge on any atom is -0.349 e. The molecule has 1 aliphatic heterocycles. The SMILES string of the molecule is O=C(N[C@H]1CC[C@H](C(=O)N2CCN(C3CC3)CC2)CC1)c1ccc(-c2cccc(F)c2)nc1. The van der Waals surface area contributed by atoms with Crippen LogP contribution in [0.3, 0.4) is 0 Å². The molecule has 6 nitrogen and oxygen atoms in total. The number of hydrogen-bond acceptors (Lipinski definition) is 4. The van der Waals surface area contributed by atoms with Crippen molar-refractivity contribution in [3.63, 3.8) is 0 Å². The largest absolute Gasteiger partial charge is 0.349 e. The van der Waals surface area contributed by atoms with Crippen molar-refractivity contribution in [3.8, 4) is 11.3 Å². The summed E-state index contributed by atoms with van der Waals surface area (Å²) in [6.07, 6.45) is 7.45. The van der Waals surface area contributed by atoms with E-state index in [9.17, 15) is 14.0 Å². The zero-order valence-corrected chi connectivity index (χ0v) is 18.9. The molecular formula is C26H31FN4O2. The van der Waals surface area contributed by atoms with Crippen LogP contribution in [0, 0.1) is 11.7 Å². The molecule has 2 heterocycles. The van der Waals surface area contributed by atoms with Crippen LogP contribution in [0.5, 0.6) is 0 Å². The third-order valence-electron chi connectivity index (χ3n) is 7.25. The predicted octanol–water partition coefficient (Wildman–Crippen LogP) is 3.48. The molecule has 3 aliphatic rings. The van der Waals surface area contributed by atoms with Gasteiger partial charge in [0.25, 0.3) is 5.91 Å². The zero-order valence-electron chi connectivity index (χ0n) is 18.9. The lowest BCUT2D eigenvalue weighted by molar-refractivity contribution is -0.138. The van der Waals surface area contributed by atoms with Gasteiger partial charge in [-0.1, -0.05) is 12.1 Å². The Labute approximate surface area is 194 Å². The van der Waals surface area contributed by atoms with Crippen molar-refractivity contribution in [2.24, 2.45) is 5.92 Å². The van der Waals surface area contributed by atoms with Crippen molar-refractivity contribution < 1.29 is 14.0 Å². The van der Waals surface area contributed by atoms with Gasteiger partial charge in [-0.15, -0.1) is 0 Å². The van der Waals surface area contributed by atoms with E-state index in [1.165, 1.54) is 31.2 Å². The number of carbonyl (C=O) groups excluding carboxylic acids is 2. The maximum atomic E-state index is 13.4. The second-order valence-electron chi connectivity index (χ2n) is 9.56. The number of rotatable bonds is 5. The molecule has 1 N–H and O–H groups in total. The fourth-order valence-electron chi connectivity index (χ4n) is 5.11. The van der Waals surface area contributed by atoms with E-state index >= 15 is 0 Å². The molecular weight excluding hydrogens is 419 g/mol. The van der Waals surface area contributed by atoms with Crippen molar-refractivity contribution in [3.05, 3.63) is 54.0 Å². The molecule has 2 saturated carbocycles. The Hall–Kier alpha value is -2.80. The first-order chi connectivity index (χ1) is 16.1. The predicted molar refractivity (Wildman–Crippen MR) is 124 cm³/mol. The first kappa shape index (κ1) is 22.0. The highest BCUT2D eigenvalue weighted by molar-refractivity contribution is 5.94. The van der Waals surface area contributed by atoms with Crippen molar-refractivity contribution >= 4 is 11.8 Å². The van der Waals surface area contributed by atoms with Crippen LogP contribution < -0.4 is 5.32 Å². The minimum absolute atomic E-state index is 0.0798. The van der Waals surface area contributed by atoms with Gasteiger partial charge in [0, 0.05) is 55.9 Å². The standard InChI is InChI=1S/C26H31FN4O2/c27-21-3-1-2-19(16-21)24-11-6-20(17-28-24)25(32)29-22-7-4-18(5-8-22)26(33)31-14-12-30(13-15-31)23-9-10-23/h1-3,6,11,16-18,22-23H,4-5,7-10,12-15H2,(H,29,32)/t18-,22-. The summed E-state index contributed by atoms with van der Waals surface area (Å²) in [4.78, 5) is 34.5. The van der Waals surface area contributed by atoms with Gasteiger partial charge in [0.2, 0.25) is 5.91 Å². The molecule has 0 unspecified atom stereocenters. The number of nitrogens with zero attached hydrogens (tertiary/aromatic N) is 3.